The van der Waals surface area contributed by atoms with E-state index in [-0.39, 0.29) is 5.91 Å². The van der Waals surface area contributed by atoms with Crippen LogP contribution in [0.15, 0.2) is 24.3 Å². The predicted molar refractivity (Wildman–Crippen MR) is 56.4 cm³/mol. The van der Waals surface area contributed by atoms with E-state index in [0.717, 1.165) is 6.42 Å². The first-order valence-electron chi connectivity index (χ1n) is 4.50. The van der Waals surface area contributed by atoms with Gasteiger partial charge >= 0.3 is 0 Å². The van der Waals surface area contributed by atoms with Crippen molar-refractivity contribution < 1.29 is 4.79 Å². The molecule has 1 N–H and O–H groups in total. The van der Waals surface area contributed by atoms with Crippen molar-refractivity contribution in [1.29, 1.82) is 0 Å². The van der Waals surface area contributed by atoms with Crippen molar-refractivity contribution in [3.63, 3.8) is 0 Å². The molecule has 2 heteroatoms. The maximum Gasteiger partial charge on any atom is 0.243 e. The molecule has 1 amide bonds. The molecule has 0 atom stereocenters. The van der Waals surface area contributed by atoms with E-state index in [2.05, 4.69) is 32.2 Å². The van der Waals surface area contributed by atoms with Gasteiger partial charge in [0.25, 0.3) is 0 Å². The second-order valence-corrected chi connectivity index (χ2v) is 4.17. The molecule has 0 rings (SSSR count). The number of amides is 1. The van der Waals surface area contributed by atoms with Crippen LogP contribution in [-0.2, 0) is 4.79 Å². The summed E-state index contributed by atoms with van der Waals surface area (Å²) in [5.74, 6) is -0.0691. The van der Waals surface area contributed by atoms with Gasteiger partial charge in [-0.25, -0.2) is 0 Å². The van der Waals surface area contributed by atoms with Crippen molar-refractivity contribution in [3.05, 3.63) is 24.3 Å². The van der Waals surface area contributed by atoms with Gasteiger partial charge in [-0.2, -0.15) is 0 Å². The lowest BCUT2D eigenvalue weighted by molar-refractivity contribution is -0.116. The average molecular weight is 181 g/mol. The molecule has 0 aliphatic rings. The summed E-state index contributed by atoms with van der Waals surface area (Å²) in [5.41, 5.74) is 0.317. The highest BCUT2D eigenvalue weighted by molar-refractivity contribution is 5.87. The van der Waals surface area contributed by atoms with Gasteiger partial charge in [0.05, 0.1) is 0 Å². The molecule has 0 unspecified atom stereocenters. The largest absolute Gasteiger partial charge is 0.356 e. The molecular weight excluding hydrogens is 162 g/mol. The van der Waals surface area contributed by atoms with Crippen LogP contribution in [0.25, 0.3) is 0 Å². The van der Waals surface area contributed by atoms with Crippen molar-refractivity contribution in [1.82, 2.24) is 5.32 Å². The lowest BCUT2D eigenvalue weighted by atomic mass is 9.92. The SMILES string of the molecule is CNC(=O)/C=C\C=C/CC(C)(C)C. The zero-order chi connectivity index (χ0) is 10.3. The van der Waals surface area contributed by atoms with Crippen LogP contribution in [0.1, 0.15) is 27.2 Å². The quantitative estimate of drug-likeness (QED) is 0.525. The fraction of sp³-hybridized carbons (Fsp3) is 0.545. The molecule has 0 bridgehead atoms. The molecule has 13 heavy (non-hydrogen) atoms. The second-order valence-electron chi connectivity index (χ2n) is 4.17. The highest BCUT2D eigenvalue weighted by Crippen LogP contribution is 2.18. The van der Waals surface area contributed by atoms with E-state index in [1.165, 1.54) is 6.08 Å². The van der Waals surface area contributed by atoms with Crippen LogP contribution in [0.3, 0.4) is 0 Å². The summed E-state index contributed by atoms with van der Waals surface area (Å²) < 4.78 is 0. The summed E-state index contributed by atoms with van der Waals surface area (Å²) in [6.45, 7) is 6.54. The van der Waals surface area contributed by atoms with Crippen molar-refractivity contribution in [2.24, 2.45) is 5.41 Å². The fourth-order valence-electron chi connectivity index (χ4n) is 0.726. The zero-order valence-corrected chi connectivity index (χ0v) is 8.92. The summed E-state index contributed by atoms with van der Waals surface area (Å²) in [5, 5.41) is 2.51. The molecule has 0 aromatic rings. The minimum atomic E-state index is -0.0691. The van der Waals surface area contributed by atoms with Crippen LogP contribution in [0.5, 0.6) is 0 Å². The van der Waals surface area contributed by atoms with Gasteiger partial charge in [0.1, 0.15) is 0 Å². The van der Waals surface area contributed by atoms with Crippen molar-refractivity contribution in [3.8, 4) is 0 Å². The van der Waals surface area contributed by atoms with E-state index in [9.17, 15) is 4.79 Å². The smallest absolute Gasteiger partial charge is 0.243 e. The third kappa shape index (κ3) is 8.86. The third-order valence-corrected chi connectivity index (χ3v) is 1.47. The van der Waals surface area contributed by atoms with E-state index in [1.54, 1.807) is 13.1 Å². The van der Waals surface area contributed by atoms with E-state index in [0.29, 0.717) is 5.41 Å². The molecule has 74 valence electrons. The van der Waals surface area contributed by atoms with Crippen LogP contribution in [0.2, 0.25) is 0 Å². The van der Waals surface area contributed by atoms with Crippen LogP contribution < -0.4 is 5.32 Å². The van der Waals surface area contributed by atoms with Crippen molar-refractivity contribution >= 4 is 5.91 Å². The van der Waals surface area contributed by atoms with Crippen molar-refractivity contribution in [2.75, 3.05) is 7.05 Å². The fourth-order valence-corrected chi connectivity index (χ4v) is 0.726. The Bertz CT molecular complexity index is 209. The van der Waals surface area contributed by atoms with Gasteiger partial charge in [-0.3, -0.25) is 4.79 Å². The normalized spacial score (nSPS) is 12.6. The number of carbonyl (C=O) groups excluding carboxylic acids is 1. The number of nitrogens with one attached hydrogen (secondary N) is 1. The Morgan fingerprint density at radius 2 is 1.92 bits per heavy atom. The van der Waals surface area contributed by atoms with Crippen LogP contribution in [0.4, 0.5) is 0 Å². The van der Waals surface area contributed by atoms with Gasteiger partial charge < -0.3 is 5.32 Å². The molecule has 0 aliphatic heterocycles. The minimum Gasteiger partial charge on any atom is -0.356 e. The lowest BCUT2D eigenvalue weighted by Crippen LogP contribution is -2.13. The average Bonchev–Trinajstić information content (AvgIpc) is 2.01. The van der Waals surface area contributed by atoms with Crippen LogP contribution >= 0.6 is 0 Å². The molecule has 0 aliphatic carbocycles. The summed E-state index contributed by atoms with van der Waals surface area (Å²) in [7, 11) is 1.62. The zero-order valence-electron chi connectivity index (χ0n) is 8.92. The monoisotopic (exact) mass is 181 g/mol. The maximum absolute atomic E-state index is 10.7. The lowest BCUT2D eigenvalue weighted by Gasteiger charge is -2.13. The number of allylic oxidation sites excluding steroid dienone is 3. The Morgan fingerprint density at radius 3 is 2.38 bits per heavy atom. The van der Waals surface area contributed by atoms with Gasteiger partial charge in [-0.1, -0.05) is 39.0 Å². The molecule has 0 saturated heterocycles. The first-order chi connectivity index (χ1) is 5.95. The maximum atomic E-state index is 10.7. The number of hydrogen-bond acceptors (Lipinski definition) is 1. The number of carbonyl (C=O) groups is 1. The number of hydrogen-bond donors (Lipinski definition) is 1. The van der Waals surface area contributed by atoms with Gasteiger partial charge in [0.15, 0.2) is 0 Å². The molecule has 0 aromatic heterocycles. The first kappa shape index (κ1) is 11.9. The summed E-state index contributed by atoms with van der Waals surface area (Å²) >= 11 is 0. The number of likely N-dealkylation sites (N-methyl/N-ethyl adjacent to an activating group) is 1. The van der Waals surface area contributed by atoms with Crippen LogP contribution in [-0.4, -0.2) is 13.0 Å². The predicted octanol–water partition coefficient (Wildman–Crippen LogP) is 2.28. The van der Waals surface area contributed by atoms with Gasteiger partial charge in [0, 0.05) is 13.1 Å². The molecule has 0 radical (unpaired) electrons. The molecule has 2 nitrogen and oxygen atoms in total. The Balaban J connectivity index is 3.76. The molecule has 0 fully saturated rings. The molecule has 0 saturated carbocycles. The standard InChI is InChI=1S/C11H19NO/c1-11(2,3)9-7-5-6-8-10(13)12-4/h5-8H,9H2,1-4H3,(H,12,13)/b7-5-,8-6-. The van der Waals surface area contributed by atoms with E-state index in [1.807, 2.05) is 6.08 Å². The minimum absolute atomic E-state index is 0.0691. The molecule has 0 heterocycles. The summed E-state index contributed by atoms with van der Waals surface area (Å²) in [4.78, 5) is 10.7. The second kappa shape index (κ2) is 5.57. The highest BCUT2D eigenvalue weighted by atomic mass is 16.1. The summed E-state index contributed by atoms with van der Waals surface area (Å²) in [6.07, 6.45) is 8.26. The van der Waals surface area contributed by atoms with E-state index < -0.39 is 0 Å². The Morgan fingerprint density at radius 1 is 1.31 bits per heavy atom. The van der Waals surface area contributed by atoms with Gasteiger partial charge in [0.2, 0.25) is 5.91 Å². The Labute approximate surface area is 80.7 Å². The number of rotatable bonds is 3. The third-order valence-electron chi connectivity index (χ3n) is 1.47. The van der Waals surface area contributed by atoms with Crippen molar-refractivity contribution in [2.45, 2.75) is 27.2 Å². The summed E-state index contributed by atoms with van der Waals surface area (Å²) in [6, 6.07) is 0. The Kier molecular flexibility index (Phi) is 5.12. The van der Waals surface area contributed by atoms with Gasteiger partial charge in [-0.05, 0) is 11.8 Å². The molecule has 0 spiro atoms. The Hall–Kier alpha value is -1.05. The van der Waals surface area contributed by atoms with Gasteiger partial charge in [-0.15, -0.1) is 0 Å². The van der Waals surface area contributed by atoms with E-state index in [4.69, 9.17) is 0 Å². The molecular formula is C11H19NO. The van der Waals surface area contributed by atoms with E-state index >= 15 is 0 Å². The first-order valence-corrected chi connectivity index (χ1v) is 4.50. The topological polar surface area (TPSA) is 29.1 Å². The van der Waals surface area contributed by atoms with Crippen LogP contribution in [0, 0.1) is 5.41 Å². The molecule has 0 aromatic carbocycles. The highest BCUT2D eigenvalue weighted by Gasteiger charge is 2.05.